The van der Waals surface area contributed by atoms with Crippen LogP contribution in [0.4, 0.5) is 0 Å². The second kappa shape index (κ2) is 4.85. The molecule has 0 N–H and O–H groups in total. The van der Waals surface area contributed by atoms with Gasteiger partial charge in [-0.3, -0.25) is 9.63 Å². The first-order chi connectivity index (χ1) is 8.54. The van der Waals surface area contributed by atoms with E-state index in [0.717, 1.165) is 25.8 Å². The van der Waals surface area contributed by atoms with Gasteiger partial charge in [0.05, 0.1) is 20.3 Å². The molecule has 102 valence electrons. The highest BCUT2D eigenvalue weighted by molar-refractivity contribution is 5.88. The molecule has 2 aliphatic heterocycles. The summed E-state index contributed by atoms with van der Waals surface area (Å²) in [5.41, 5.74) is -1.28. The maximum absolute atomic E-state index is 12.0. The minimum absolute atomic E-state index is 0.102. The quantitative estimate of drug-likeness (QED) is 0.671. The molecule has 0 amide bonds. The highest BCUT2D eigenvalue weighted by Crippen LogP contribution is 2.42. The van der Waals surface area contributed by atoms with Crippen molar-refractivity contribution in [1.82, 2.24) is 5.06 Å². The molecular formula is C12H19NO5. The highest BCUT2D eigenvalue weighted by atomic mass is 16.7. The topological polar surface area (TPSA) is 65.1 Å². The zero-order valence-corrected chi connectivity index (χ0v) is 11.0. The zero-order valence-electron chi connectivity index (χ0n) is 11.0. The molecule has 0 radical (unpaired) electrons. The van der Waals surface area contributed by atoms with Gasteiger partial charge in [0, 0.05) is 6.54 Å². The molecule has 0 aromatic carbocycles. The van der Waals surface area contributed by atoms with Gasteiger partial charge < -0.3 is 9.47 Å². The standard InChI is InChI=1S/C12H19NO5/c1-12(11(15)17-3)9(10(14)16-2)8-6-4-5-7-13(8)18-12/h8-9H,4-7H2,1-3H3/t8-,9+,12+/m1/s1. The molecule has 0 unspecified atom stereocenters. The Balaban J connectivity index is 2.33. The molecule has 2 aliphatic rings. The molecule has 0 aromatic heterocycles. The predicted molar refractivity (Wildman–Crippen MR) is 61.4 cm³/mol. The zero-order chi connectivity index (χ0) is 13.3. The average Bonchev–Trinajstić information content (AvgIpc) is 2.70. The lowest BCUT2D eigenvalue weighted by molar-refractivity contribution is -0.221. The number of carbonyl (C=O) groups excluding carboxylic acids is 2. The second-order valence-electron chi connectivity index (χ2n) is 4.89. The van der Waals surface area contributed by atoms with E-state index in [-0.39, 0.29) is 6.04 Å². The van der Waals surface area contributed by atoms with Crippen LogP contribution in [0.2, 0.25) is 0 Å². The summed E-state index contributed by atoms with van der Waals surface area (Å²) in [6.07, 6.45) is 2.85. The Bertz CT molecular complexity index is 358. The Hall–Kier alpha value is -1.14. The van der Waals surface area contributed by atoms with E-state index in [9.17, 15) is 9.59 Å². The summed E-state index contributed by atoms with van der Waals surface area (Å²) in [6.45, 7) is 2.32. The lowest BCUT2D eigenvalue weighted by Gasteiger charge is -2.28. The molecule has 0 bridgehead atoms. The molecule has 2 heterocycles. The Morgan fingerprint density at radius 1 is 1.28 bits per heavy atom. The molecule has 3 atom stereocenters. The first kappa shape index (κ1) is 13.3. The summed E-state index contributed by atoms with van der Waals surface area (Å²) in [7, 11) is 2.62. The van der Waals surface area contributed by atoms with Gasteiger partial charge in [0.15, 0.2) is 5.60 Å². The van der Waals surface area contributed by atoms with Gasteiger partial charge in [-0.25, -0.2) is 4.79 Å². The summed E-state index contributed by atoms with van der Waals surface area (Å²) in [5, 5.41) is 1.74. The number of rotatable bonds is 2. The maximum Gasteiger partial charge on any atom is 0.340 e. The van der Waals surface area contributed by atoms with E-state index in [0.29, 0.717) is 0 Å². The fourth-order valence-corrected chi connectivity index (χ4v) is 2.92. The van der Waals surface area contributed by atoms with Crippen molar-refractivity contribution >= 4 is 11.9 Å². The third-order valence-electron chi connectivity index (χ3n) is 3.83. The van der Waals surface area contributed by atoms with Crippen LogP contribution in [0.1, 0.15) is 26.2 Å². The van der Waals surface area contributed by atoms with E-state index in [1.165, 1.54) is 14.2 Å². The van der Waals surface area contributed by atoms with E-state index in [2.05, 4.69) is 0 Å². The molecule has 2 rings (SSSR count). The molecule has 6 heteroatoms. The molecule has 2 saturated heterocycles. The van der Waals surface area contributed by atoms with Gasteiger partial charge in [-0.1, -0.05) is 6.42 Å². The van der Waals surface area contributed by atoms with Gasteiger partial charge in [-0.2, -0.15) is 5.06 Å². The Morgan fingerprint density at radius 2 is 2.00 bits per heavy atom. The van der Waals surface area contributed by atoms with Gasteiger partial charge in [0.25, 0.3) is 0 Å². The maximum atomic E-state index is 12.0. The first-order valence-electron chi connectivity index (χ1n) is 6.16. The molecule has 0 aliphatic carbocycles. The molecule has 6 nitrogen and oxygen atoms in total. The van der Waals surface area contributed by atoms with Crippen LogP contribution in [-0.4, -0.2) is 49.4 Å². The van der Waals surface area contributed by atoms with E-state index < -0.39 is 23.5 Å². The number of fused-ring (bicyclic) bond motifs is 1. The third-order valence-corrected chi connectivity index (χ3v) is 3.83. The molecule has 0 saturated carbocycles. The number of hydrogen-bond acceptors (Lipinski definition) is 6. The van der Waals surface area contributed by atoms with Gasteiger partial charge in [-0.05, 0) is 19.8 Å². The highest BCUT2D eigenvalue weighted by Gasteiger charge is 2.61. The molecule has 0 spiro atoms. The van der Waals surface area contributed by atoms with Crippen LogP contribution >= 0.6 is 0 Å². The minimum atomic E-state index is -1.28. The number of piperidine rings is 1. The Labute approximate surface area is 106 Å². The number of esters is 2. The minimum Gasteiger partial charge on any atom is -0.469 e. The van der Waals surface area contributed by atoms with Gasteiger partial charge in [-0.15, -0.1) is 0 Å². The lowest BCUT2D eigenvalue weighted by atomic mass is 9.81. The summed E-state index contributed by atoms with van der Waals surface area (Å²) in [5.74, 6) is -1.58. The van der Waals surface area contributed by atoms with Crippen molar-refractivity contribution in [2.45, 2.75) is 37.8 Å². The predicted octanol–water partition coefficient (Wildman–Crippen LogP) is 0.507. The monoisotopic (exact) mass is 257 g/mol. The number of hydroxylamine groups is 2. The van der Waals surface area contributed by atoms with Crippen LogP contribution in [-0.2, 0) is 23.9 Å². The van der Waals surface area contributed by atoms with Crippen LogP contribution in [0.5, 0.6) is 0 Å². The summed E-state index contributed by atoms with van der Waals surface area (Å²) in [4.78, 5) is 29.6. The Morgan fingerprint density at radius 3 is 2.61 bits per heavy atom. The second-order valence-corrected chi connectivity index (χ2v) is 4.89. The Kier molecular flexibility index (Phi) is 3.59. The molecular weight excluding hydrogens is 238 g/mol. The van der Waals surface area contributed by atoms with Crippen LogP contribution in [0.3, 0.4) is 0 Å². The summed E-state index contributed by atoms with van der Waals surface area (Å²) >= 11 is 0. The SMILES string of the molecule is COC(=O)[C@@H]1[C@H]2CCCCN2O[C@]1(C)C(=O)OC. The largest absolute Gasteiger partial charge is 0.469 e. The summed E-state index contributed by atoms with van der Waals surface area (Å²) in [6, 6.07) is -0.102. The van der Waals surface area contributed by atoms with Crippen LogP contribution in [0, 0.1) is 5.92 Å². The lowest BCUT2D eigenvalue weighted by Crippen LogP contribution is -2.48. The third kappa shape index (κ3) is 1.89. The molecule has 0 aromatic rings. The van der Waals surface area contributed by atoms with E-state index in [1.54, 1.807) is 12.0 Å². The fourth-order valence-electron chi connectivity index (χ4n) is 2.92. The number of methoxy groups -OCH3 is 2. The summed E-state index contributed by atoms with van der Waals surface area (Å²) < 4.78 is 9.59. The van der Waals surface area contributed by atoms with Gasteiger partial charge in [0.1, 0.15) is 5.92 Å². The van der Waals surface area contributed by atoms with Crippen LogP contribution < -0.4 is 0 Å². The number of hydrogen-bond donors (Lipinski definition) is 0. The van der Waals surface area contributed by atoms with Crippen molar-refractivity contribution in [1.29, 1.82) is 0 Å². The number of ether oxygens (including phenoxy) is 2. The molecule has 18 heavy (non-hydrogen) atoms. The van der Waals surface area contributed by atoms with E-state index in [4.69, 9.17) is 14.3 Å². The fraction of sp³-hybridized carbons (Fsp3) is 0.833. The molecule has 2 fully saturated rings. The van der Waals surface area contributed by atoms with Gasteiger partial charge in [0.2, 0.25) is 0 Å². The van der Waals surface area contributed by atoms with Crippen molar-refractivity contribution in [3.8, 4) is 0 Å². The first-order valence-corrected chi connectivity index (χ1v) is 6.16. The van der Waals surface area contributed by atoms with Crippen LogP contribution in [0.25, 0.3) is 0 Å². The van der Waals surface area contributed by atoms with Crippen molar-refractivity contribution < 1.29 is 23.9 Å². The van der Waals surface area contributed by atoms with E-state index >= 15 is 0 Å². The van der Waals surface area contributed by atoms with Crippen molar-refractivity contribution in [3.05, 3.63) is 0 Å². The van der Waals surface area contributed by atoms with Crippen molar-refractivity contribution in [2.75, 3.05) is 20.8 Å². The number of carbonyl (C=O) groups is 2. The van der Waals surface area contributed by atoms with Crippen molar-refractivity contribution in [2.24, 2.45) is 5.92 Å². The smallest absolute Gasteiger partial charge is 0.340 e. The van der Waals surface area contributed by atoms with Crippen LogP contribution in [0.15, 0.2) is 0 Å². The van der Waals surface area contributed by atoms with E-state index in [1.807, 2.05) is 0 Å². The van der Waals surface area contributed by atoms with Crippen molar-refractivity contribution in [3.63, 3.8) is 0 Å². The average molecular weight is 257 g/mol. The normalized spacial score (nSPS) is 35.9. The van der Waals surface area contributed by atoms with Gasteiger partial charge >= 0.3 is 11.9 Å². The number of nitrogens with zero attached hydrogens (tertiary/aromatic N) is 1.